The molecule has 0 unspecified atom stereocenters. The molecule has 1 aromatic carbocycles. The topological polar surface area (TPSA) is 79.9 Å². The maximum atomic E-state index is 11.6. The van der Waals surface area contributed by atoms with Crippen molar-refractivity contribution in [1.29, 1.82) is 0 Å². The van der Waals surface area contributed by atoms with E-state index in [1.807, 2.05) is 42.5 Å². The van der Waals surface area contributed by atoms with E-state index >= 15 is 0 Å². The second kappa shape index (κ2) is 7.79. The SMILES string of the molecule is O=C(NCCC#Cc1[nH]nc2ncccc12)OCc1ccccc1. The number of carbonyl (C=O) groups is 1. The fraction of sp³-hybridized carbons (Fsp3) is 0.167. The van der Waals surface area contributed by atoms with Crippen LogP contribution in [0.25, 0.3) is 11.0 Å². The maximum absolute atomic E-state index is 11.6. The van der Waals surface area contributed by atoms with Crippen LogP contribution in [-0.4, -0.2) is 27.8 Å². The van der Waals surface area contributed by atoms with Crippen molar-refractivity contribution in [2.75, 3.05) is 6.54 Å². The third-order valence-corrected chi connectivity index (χ3v) is 3.28. The summed E-state index contributed by atoms with van der Waals surface area (Å²) in [5.74, 6) is 5.99. The Morgan fingerprint density at radius 3 is 2.96 bits per heavy atom. The van der Waals surface area contributed by atoms with Gasteiger partial charge in [-0.05, 0) is 23.6 Å². The number of rotatable bonds is 4. The Morgan fingerprint density at radius 1 is 1.21 bits per heavy atom. The van der Waals surface area contributed by atoms with Gasteiger partial charge in [0.05, 0.1) is 5.39 Å². The molecule has 0 saturated carbocycles. The number of aromatic nitrogens is 3. The molecule has 3 aromatic rings. The number of carbonyl (C=O) groups excluding carboxylic acids is 1. The first-order valence-electron chi connectivity index (χ1n) is 7.55. The number of hydrogen-bond donors (Lipinski definition) is 2. The van der Waals surface area contributed by atoms with Crippen LogP contribution >= 0.6 is 0 Å². The van der Waals surface area contributed by atoms with Crippen LogP contribution in [0.15, 0.2) is 48.7 Å². The largest absolute Gasteiger partial charge is 0.445 e. The third kappa shape index (κ3) is 4.11. The van der Waals surface area contributed by atoms with Crippen LogP contribution in [0.1, 0.15) is 17.7 Å². The highest BCUT2D eigenvalue weighted by atomic mass is 16.5. The van der Waals surface area contributed by atoms with Gasteiger partial charge in [-0.15, -0.1) is 0 Å². The van der Waals surface area contributed by atoms with Crippen LogP contribution in [0.3, 0.4) is 0 Å². The molecule has 2 aromatic heterocycles. The van der Waals surface area contributed by atoms with Gasteiger partial charge in [-0.1, -0.05) is 36.3 Å². The molecular formula is C18H16N4O2. The molecule has 6 heteroatoms. The van der Waals surface area contributed by atoms with Gasteiger partial charge < -0.3 is 10.1 Å². The van der Waals surface area contributed by atoms with Crippen molar-refractivity contribution in [3.05, 3.63) is 59.9 Å². The smallest absolute Gasteiger partial charge is 0.407 e. The summed E-state index contributed by atoms with van der Waals surface area (Å²) in [5.41, 5.74) is 2.32. The molecule has 1 amide bonds. The van der Waals surface area contributed by atoms with E-state index in [1.165, 1.54) is 0 Å². The number of pyridine rings is 1. The molecule has 2 N–H and O–H groups in total. The Hall–Kier alpha value is -3.33. The minimum Gasteiger partial charge on any atom is -0.445 e. The number of H-pyrrole nitrogens is 1. The molecule has 6 nitrogen and oxygen atoms in total. The van der Waals surface area contributed by atoms with E-state index in [2.05, 4.69) is 32.3 Å². The van der Waals surface area contributed by atoms with Crippen LogP contribution in [0.2, 0.25) is 0 Å². The van der Waals surface area contributed by atoms with Crippen molar-refractivity contribution in [2.45, 2.75) is 13.0 Å². The molecule has 24 heavy (non-hydrogen) atoms. The number of ether oxygens (including phenoxy) is 1. The van der Waals surface area contributed by atoms with E-state index in [9.17, 15) is 4.79 Å². The zero-order valence-electron chi connectivity index (χ0n) is 13.0. The Balaban J connectivity index is 1.42. The molecular weight excluding hydrogens is 304 g/mol. The summed E-state index contributed by atoms with van der Waals surface area (Å²) in [6.07, 6.45) is 1.75. The van der Waals surface area contributed by atoms with Crippen molar-refractivity contribution in [1.82, 2.24) is 20.5 Å². The maximum Gasteiger partial charge on any atom is 0.407 e. The second-order valence-electron chi connectivity index (χ2n) is 5.01. The van der Waals surface area contributed by atoms with Crippen molar-refractivity contribution in [3.8, 4) is 11.8 Å². The molecule has 0 aliphatic heterocycles. The van der Waals surface area contributed by atoms with E-state index in [1.54, 1.807) is 6.20 Å². The molecule has 0 atom stereocenters. The Bertz CT molecular complexity index is 878. The predicted molar refractivity (Wildman–Crippen MR) is 90.0 cm³/mol. The molecule has 0 radical (unpaired) electrons. The predicted octanol–water partition coefficient (Wildman–Crippen LogP) is 2.63. The lowest BCUT2D eigenvalue weighted by Gasteiger charge is -2.05. The number of amides is 1. The summed E-state index contributed by atoms with van der Waals surface area (Å²) in [7, 11) is 0. The normalized spacial score (nSPS) is 10.0. The van der Waals surface area contributed by atoms with Crippen molar-refractivity contribution < 1.29 is 9.53 Å². The minimum absolute atomic E-state index is 0.255. The van der Waals surface area contributed by atoms with E-state index in [4.69, 9.17) is 4.74 Å². The molecule has 0 fully saturated rings. The second-order valence-corrected chi connectivity index (χ2v) is 5.01. The van der Waals surface area contributed by atoms with Gasteiger partial charge in [0.2, 0.25) is 0 Å². The monoisotopic (exact) mass is 320 g/mol. The van der Waals surface area contributed by atoms with Gasteiger partial charge in [-0.3, -0.25) is 5.10 Å². The van der Waals surface area contributed by atoms with Gasteiger partial charge in [0.1, 0.15) is 12.3 Å². The van der Waals surface area contributed by atoms with E-state index in [0.717, 1.165) is 16.6 Å². The molecule has 2 heterocycles. The number of nitrogens with one attached hydrogen (secondary N) is 2. The molecule has 3 rings (SSSR count). The molecule has 0 aliphatic rings. The number of aromatic amines is 1. The van der Waals surface area contributed by atoms with Gasteiger partial charge in [0, 0.05) is 19.2 Å². The first kappa shape index (κ1) is 15.6. The molecule has 0 aliphatic carbocycles. The Labute approximate surface area is 139 Å². The van der Waals surface area contributed by atoms with Gasteiger partial charge >= 0.3 is 6.09 Å². The van der Waals surface area contributed by atoms with E-state index in [0.29, 0.717) is 18.6 Å². The highest BCUT2D eigenvalue weighted by Crippen LogP contribution is 2.11. The minimum atomic E-state index is -0.447. The summed E-state index contributed by atoms with van der Waals surface area (Å²) in [5, 5.41) is 10.5. The van der Waals surface area contributed by atoms with Crippen LogP contribution in [-0.2, 0) is 11.3 Å². The highest BCUT2D eigenvalue weighted by Gasteiger charge is 2.02. The number of hydrogen-bond acceptors (Lipinski definition) is 4. The standard InChI is InChI=1S/C18H16N4O2/c23-18(24-13-14-7-2-1-3-8-14)20-11-5-4-10-16-15-9-6-12-19-17(15)22-21-16/h1-3,6-9,12H,5,11,13H2,(H,20,23)(H,19,21,22). The zero-order chi connectivity index (χ0) is 16.6. The first-order valence-corrected chi connectivity index (χ1v) is 7.55. The summed E-state index contributed by atoms with van der Waals surface area (Å²) in [6, 6.07) is 13.3. The lowest BCUT2D eigenvalue weighted by molar-refractivity contribution is 0.140. The number of alkyl carbamates (subject to hydrolysis) is 1. The highest BCUT2D eigenvalue weighted by molar-refractivity contribution is 5.80. The lowest BCUT2D eigenvalue weighted by atomic mass is 10.2. The van der Waals surface area contributed by atoms with Gasteiger partial charge in [0.25, 0.3) is 0 Å². The van der Waals surface area contributed by atoms with Crippen molar-refractivity contribution in [2.24, 2.45) is 0 Å². The fourth-order valence-electron chi connectivity index (χ4n) is 2.10. The number of nitrogens with zero attached hydrogens (tertiary/aromatic N) is 2. The lowest BCUT2D eigenvalue weighted by Crippen LogP contribution is -2.24. The molecule has 0 spiro atoms. The van der Waals surface area contributed by atoms with Crippen LogP contribution in [0.5, 0.6) is 0 Å². The van der Waals surface area contributed by atoms with Crippen molar-refractivity contribution in [3.63, 3.8) is 0 Å². The molecule has 0 bridgehead atoms. The van der Waals surface area contributed by atoms with Gasteiger partial charge in [-0.2, -0.15) is 5.10 Å². The van der Waals surface area contributed by atoms with Crippen LogP contribution in [0.4, 0.5) is 4.79 Å². The average Bonchev–Trinajstić information content (AvgIpc) is 3.04. The number of benzene rings is 1. The van der Waals surface area contributed by atoms with E-state index < -0.39 is 6.09 Å². The van der Waals surface area contributed by atoms with Crippen LogP contribution < -0.4 is 5.32 Å². The molecule has 0 saturated heterocycles. The number of fused-ring (bicyclic) bond motifs is 1. The van der Waals surface area contributed by atoms with Crippen LogP contribution in [0, 0.1) is 11.8 Å². The molecule has 120 valence electrons. The summed E-state index contributed by atoms with van der Waals surface area (Å²) < 4.78 is 5.12. The van der Waals surface area contributed by atoms with Crippen molar-refractivity contribution >= 4 is 17.1 Å². The Kier molecular flexibility index (Phi) is 5.05. The van der Waals surface area contributed by atoms with E-state index in [-0.39, 0.29) is 6.61 Å². The fourth-order valence-corrected chi connectivity index (χ4v) is 2.10. The summed E-state index contributed by atoms with van der Waals surface area (Å²) >= 11 is 0. The van der Waals surface area contributed by atoms with Gasteiger partial charge in [0.15, 0.2) is 5.65 Å². The zero-order valence-corrected chi connectivity index (χ0v) is 13.0. The average molecular weight is 320 g/mol. The Morgan fingerprint density at radius 2 is 2.08 bits per heavy atom. The first-order chi connectivity index (χ1) is 11.8. The quantitative estimate of drug-likeness (QED) is 0.572. The summed E-state index contributed by atoms with van der Waals surface area (Å²) in [6.45, 7) is 0.677. The van der Waals surface area contributed by atoms with Gasteiger partial charge in [-0.25, -0.2) is 9.78 Å². The third-order valence-electron chi connectivity index (χ3n) is 3.28. The summed E-state index contributed by atoms with van der Waals surface area (Å²) in [4.78, 5) is 15.7.